The molecule has 0 amide bonds. The lowest BCUT2D eigenvalue weighted by molar-refractivity contribution is 0.372. The molecule has 1 aromatic rings. The van der Waals surface area contributed by atoms with Gasteiger partial charge in [-0.05, 0) is 42.5 Å². The minimum Gasteiger partial charge on any atom is -0.504 e. The first-order valence-corrected chi connectivity index (χ1v) is 4.85. The highest BCUT2D eigenvalue weighted by Gasteiger charge is 2.09. The van der Waals surface area contributed by atoms with Crippen molar-refractivity contribution in [2.24, 2.45) is 0 Å². The molecule has 74 valence electrons. The Morgan fingerprint density at radius 3 is 2.86 bits per heavy atom. The molecule has 0 aromatic heterocycles. The van der Waals surface area contributed by atoms with E-state index in [0.29, 0.717) is 5.75 Å². The van der Waals surface area contributed by atoms with Crippen LogP contribution in [0.4, 0.5) is 0 Å². The molecule has 0 aliphatic heterocycles. The molecule has 1 aromatic carbocycles. The zero-order chi connectivity index (χ0) is 9.97. The van der Waals surface area contributed by atoms with Crippen LogP contribution in [0.3, 0.4) is 0 Å². The van der Waals surface area contributed by atoms with Crippen LogP contribution in [0.2, 0.25) is 0 Å². The number of rotatable bonds is 1. The molecule has 0 saturated carbocycles. The van der Waals surface area contributed by atoms with Crippen molar-refractivity contribution in [2.45, 2.75) is 19.3 Å². The van der Waals surface area contributed by atoms with Crippen molar-refractivity contribution in [2.75, 3.05) is 7.11 Å². The van der Waals surface area contributed by atoms with Gasteiger partial charge in [-0.1, -0.05) is 12.2 Å². The molecule has 0 atom stereocenters. The standard InChI is InChI=1S/C12H14O2/c1-14-12-8-10-6-4-2-3-5-9(10)7-11(12)13/h2-3,7-8,13H,4-6H2,1H3. The minimum absolute atomic E-state index is 0.238. The third-order valence-corrected chi connectivity index (χ3v) is 2.59. The van der Waals surface area contributed by atoms with E-state index in [-0.39, 0.29) is 5.75 Å². The summed E-state index contributed by atoms with van der Waals surface area (Å²) >= 11 is 0. The average Bonchev–Trinajstić information content (AvgIpc) is 2.41. The van der Waals surface area contributed by atoms with Crippen LogP contribution in [0.5, 0.6) is 11.5 Å². The van der Waals surface area contributed by atoms with Crippen molar-refractivity contribution < 1.29 is 9.84 Å². The fraction of sp³-hybridized carbons (Fsp3) is 0.333. The molecule has 0 heterocycles. The smallest absolute Gasteiger partial charge is 0.160 e. The maximum Gasteiger partial charge on any atom is 0.160 e. The summed E-state index contributed by atoms with van der Waals surface area (Å²) < 4.78 is 5.08. The zero-order valence-electron chi connectivity index (χ0n) is 8.29. The van der Waals surface area contributed by atoms with Gasteiger partial charge in [-0.25, -0.2) is 0 Å². The molecular formula is C12H14O2. The van der Waals surface area contributed by atoms with Crippen LogP contribution in [-0.2, 0) is 12.8 Å². The highest BCUT2D eigenvalue weighted by molar-refractivity contribution is 5.47. The minimum atomic E-state index is 0.238. The van der Waals surface area contributed by atoms with Crippen LogP contribution < -0.4 is 4.74 Å². The third kappa shape index (κ3) is 1.60. The summed E-state index contributed by atoms with van der Waals surface area (Å²) in [4.78, 5) is 0. The number of phenolic OH excluding ortho intramolecular Hbond substituents is 1. The lowest BCUT2D eigenvalue weighted by atomic mass is 10.0. The summed E-state index contributed by atoms with van der Waals surface area (Å²) in [5.74, 6) is 0.812. The van der Waals surface area contributed by atoms with Gasteiger partial charge in [0.25, 0.3) is 0 Å². The van der Waals surface area contributed by atoms with Gasteiger partial charge in [0.1, 0.15) is 0 Å². The second-order valence-electron chi connectivity index (χ2n) is 3.51. The zero-order valence-corrected chi connectivity index (χ0v) is 8.29. The summed E-state index contributed by atoms with van der Waals surface area (Å²) in [6.07, 6.45) is 7.34. The predicted molar refractivity (Wildman–Crippen MR) is 55.8 cm³/mol. The first kappa shape index (κ1) is 9.13. The van der Waals surface area contributed by atoms with Crippen LogP contribution in [0.25, 0.3) is 0 Å². The van der Waals surface area contributed by atoms with E-state index in [0.717, 1.165) is 19.3 Å². The van der Waals surface area contributed by atoms with Crippen molar-refractivity contribution >= 4 is 0 Å². The fourth-order valence-electron chi connectivity index (χ4n) is 1.81. The Bertz CT molecular complexity index is 367. The van der Waals surface area contributed by atoms with E-state index in [1.807, 2.05) is 12.1 Å². The average molecular weight is 190 g/mol. The molecule has 0 spiro atoms. The Morgan fingerprint density at radius 2 is 2.07 bits per heavy atom. The summed E-state index contributed by atoms with van der Waals surface area (Å²) in [7, 11) is 1.58. The molecule has 2 rings (SSSR count). The van der Waals surface area contributed by atoms with Crippen LogP contribution >= 0.6 is 0 Å². The first-order chi connectivity index (χ1) is 6.81. The number of allylic oxidation sites excluding steroid dienone is 2. The van der Waals surface area contributed by atoms with E-state index < -0.39 is 0 Å². The van der Waals surface area contributed by atoms with Gasteiger partial charge in [0, 0.05) is 0 Å². The van der Waals surface area contributed by atoms with Gasteiger partial charge in [0.15, 0.2) is 11.5 Å². The molecule has 0 saturated heterocycles. The lowest BCUT2D eigenvalue weighted by Crippen LogP contribution is -1.93. The predicted octanol–water partition coefficient (Wildman–Crippen LogP) is 2.45. The Balaban J connectivity index is 2.44. The second-order valence-corrected chi connectivity index (χ2v) is 3.51. The SMILES string of the molecule is COc1cc2c(cc1O)CC=CCC2. The Kier molecular flexibility index (Phi) is 2.44. The van der Waals surface area contributed by atoms with E-state index in [1.165, 1.54) is 11.1 Å². The van der Waals surface area contributed by atoms with E-state index in [9.17, 15) is 5.11 Å². The second kappa shape index (κ2) is 3.74. The Hall–Kier alpha value is -1.44. The molecule has 2 heteroatoms. The number of aryl methyl sites for hydroxylation is 1. The molecule has 1 N–H and O–H groups in total. The molecule has 0 radical (unpaired) electrons. The van der Waals surface area contributed by atoms with Crippen molar-refractivity contribution in [3.05, 3.63) is 35.4 Å². The number of hydrogen-bond acceptors (Lipinski definition) is 2. The van der Waals surface area contributed by atoms with Gasteiger partial charge in [-0.15, -0.1) is 0 Å². The monoisotopic (exact) mass is 190 g/mol. The number of methoxy groups -OCH3 is 1. The summed E-state index contributed by atoms with van der Waals surface area (Å²) in [5.41, 5.74) is 2.49. The summed E-state index contributed by atoms with van der Waals surface area (Å²) in [5, 5.41) is 9.61. The lowest BCUT2D eigenvalue weighted by Gasteiger charge is -2.09. The Morgan fingerprint density at radius 1 is 1.21 bits per heavy atom. The van der Waals surface area contributed by atoms with Crippen LogP contribution in [0.1, 0.15) is 17.5 Å². The van der Waals surface area contributed by atoms with E-state index in [2.05, 4.69) is 12.2 Å². The maximum absolute atomic E-state index is 9.61. The fourth-order valence-corrected chi connectivity index (χ4v) is 1.81. The maximum atomic E-state index is 9.61. The molecule has 0 bridgehead atoms. The highest BCUT2D eigenvalue weighted by atomic mass is 16.5. The molecule has 0 fully saturated rings. The van der Waals surface area contributed by atoms with Crippen molar-refractivity contribution in [1.29, 1.82) is 0 Å². The summed E-state index contributed by atoms with van der Waals surface area (Å²) in [6, 6.07) is 3.75. The van der Waals surface area contributed by atoms with Crippen LogP contribution in [0.15, 0.2) is 24.3 Å². The molecule has 0 unspecified atom stereocenters. The topological polar surface area (TPSA) is 29.5 Å². The van der Waals surface area contributed by atoms with Crippen LogP contribution in [0, 0.1) is 0 Å². The number of aromatic hydroxyl groups is 1. The quantitative estimate of drug-likeness (QED) is 0.689. The van der Waals surface area contributed by atoms with Gasteiger partial charge >= 0.3 is 0 Å². The number of phenols is 1. The Labute approximate surface area is 83.8 Å². The number of ether oxygens (including phenoxy) is 1. The van der Waals surface area contributed by atoms with Crippen molar-refractivity contribution in [3.8, 4) is 11.5 Å². The molecule has 1 aliphatic rings. The van der Waals surface area contributed by atoms with Crippen molar-refractivity contribution in [1.82, 2.24) is 0 Å². The number of hydrogen-bond donors (Lipinski definition) is 1. The van der Waals surface area contributed by atoms with Crippen LogP contribution in [-0.4, -0.2) is 12.2 Å². The van der Waals surface area contributed by atoms with E-state index >= 15 is 0 Å². The normalized spacial score (nSPS) is 14.6. The molecule has 2 nitrogen and oxygen atoms in total. The first-order valence-electron chi connectivity index (χ1n) is 4.85. The highest BCUT2D eigenvalue weighted by Crippen LogP contribution is 2.31. The van der Waals surface area contributed by atoms with Gasteiger partial charge in [-0.2, -0.15) is 0 Å². The van der Waals surface area contributed by atoms with E-state index in [4.69, 9.17) is 4.74 Å². The van der Waals surface area contributed by atoms with Gasteiger partial charge < -0.3 is 9.84 Å². The third-order valence-electron chi connectivity index (χ3n) is 2.59. The van der Waals surface area contributed by atoms with Gasteiger partial charge in [0.05, 0.1) is 7.11 Å². The number of benzene rings is 1. The van der Waals surface area contributed by atoms with Gasteiger partial charge in [-0.3, -0.25) is 0 Å². The summed E-state index contributed by atoms with van der Waals surface area (Å²) in [6.45, 7) is 0. The molecule has 14 heavy (non-hydrogen) atoms. The molecule has 1 aliphatic carbocycles. The van der Waals surface area contributed by atoms with Crippen molar-refractivity contribution in [3.63, 3.8) is 0 Å². The van der Waals surface area contributed by atoms with E-state index in [1.54, 1.807) is 7.11 Å². The largest absolute Gasteiger partial charge is 0.504 e. The number of fused-ring (bicyclic) bond motifs is 1. The van der Waals surface area contributed by atoms with Gasteiger partial charge in [0.2, 0.25) is 0 Å². The molecular weight excluding hydrogens is 176 g/mol.